The molecular formula is C29H28O2. The third-order valence-corrected chi connectivity index (χ3v) is 6.57. The van der Waals surface area contributed by atoms with Crippen molar-refractivity contribution < 1.29 is 9.59 Å². The summed E-state index contributed by atoms with van der Waals surface area (Å²) in [6.07, 6.45) is 2.37. The SMILES string of the molecule is C/C(=C\c1ccccc1)C(=O)[C@H]1[C@@H](c2ccccc2)[C@@H](C)C(=O)C[C@H]1c1ccccc1. The average molecular weight is 409 g/mol. The van der Waals surface area contributed by atoms with Gasteiger partial charge in [-0.25, -0.2) is 0 Å². The molecule has 2 heteroatoms. The molecule has 1 aliphatic carbocycles. The summed E-state index contributed by atoms with van der Waals surface area (Å²) in [5, 5.41) is 0. The molecule has 1 aliphatic rings. The van der Waals surface area contributed by atoms with Gasteiger partial charge in [0.2, 0.25) is 0 Å². The summed E-state index contributed by atoms with van der Waals surface area (Å²) in [5.41, 5.74) is 3.88. The highest BCUT2D eigenvalue weighted by atomic mass is 16.1. The maximum atomic E-state index is 13.9. The number of hydrogen-bond donors (Lipinski definition) is 0. The lowest BCUT2D eigenvalue weighted by atomic mass is 9.60. The van der Waals surface area contributed by atoms with E-state index in [2.05, 4.69) is 12.1 Å². The molecule has 0 spiro atoms. The third-order valence-electron chi connectivity index (χ3n) is 6.57. The molecule has 1 saturated carbocycles. The van der Waals surface area contributed by atoms with Crippen LogP contribution < -0.4 is 0 Å². The van der Waals surface area contributed by atoms with Crippen molar-refractivity contribution >= 4 is 17.6 Å². The topological polar surface area (TPSA) is 34.1 Å². The van der Waals surface area contributed by atoms with Crippen molar-refractivity contribution in [1.29, 1.82) is 0 Å². The van der Waals surface area contributed by atoms with E-state index in [4.69, 9.17) is 0 Å². The van der Waals surface area contributed by atoms with Crippen LogP contribution in [0.1, 0.15) is 48.8 Å². The largest absolute Gasteiger partial charge is 0.299 e. The summed E-state index contributed by atoms with van der Waals surface area (Å²) in [7, 11) is 0. The first-order valence-corrected chi connectivity index (χ1v) is 11.0. The van der Waals surface area contributed by atoms with E-state index in [0.717, 1.165) is 22.3 Å². The maximum Gasteiger partial charge on any atom is 0.162 e. The zero-order chi connectivity index (χ0) is 21.8. The van der Waals surface area contributed by atoms with E-state index < -0.39 is 0 Å². The van der Waals surface area contributed by atoms with E-state index in [9.17, 15) is 9.59 Å². The van der Waals surface area contributed by atoms with Gasteiger partial charge in [0.15, 0.2) is 5.78 Å². The highest BCUT2D eigenvalue weighted by molar-refractivity contribution is 6.03. The van der Waals surface area contributed by atoms with Crippen molar-refractivity contribution in [1.82, 2.24) is 0 Å². The van der Waals surface area contributed by atoms with Gasteiger partial charge in [0.05, 0.1) is 0 Å². The maximum absolute atomic E-state index is 13.9. The summed E-state index contributed by atoms with van der Waals surface area (Å²) in [6.45, 7) is 3.89. The van der Waals surface area contributed by atoms with Crippen LogP contribution in [0.5, 0.6) is 0 Å². The Balaban J connectivity index is 1.81. The van der Waals surface area contributed by atoms with Crippen LogP contribution in [0.15, 0.2) is 96.6 Å². The summed E-state index contributed by atoms with van der Waals surface area (Å²) < 4.78 is 0. The predicted octanol–water partition coefficient (Wildman–Crippen LogP) is 6.45. The number of ketones is 2. The molecule has 3 aromatic carbocycles. The van der Waals surface area contributed by atoms with Crippen LogP contribution >= 0.6 is 0 Å². The molecule has 1 fully saturated rings. The second-order valence-corrected chi connectivity index (χ2v) is 8.54. The van der Waals surface area contributed by atoms with Gasteiger partial charge in [-0.2, -0.15) is 0 Å². The third kappa shape index (κ3) is 4.44. The summed E-state index contributed by atoms with van der Waals surface area (Å²) in [4.78, 5) is 27.0. The van der Waals surface area contributed by atoms with Crippen LogP contribution in [0.25, 0.3) is 6.08 Å². The van der Waals surface area contributed by atoms with Gasteiger partial charge in [-0.05, 0) is 35.3 Å². The average Bonchev–Trinajstić information content (AvgIpc) is 2.81. The molecule has 0 aromatic heterocycles. The van der Waals surface area contributed by atoms with E-state index in [1.807, 2.05) is 98.8 Å². The van der Waals surface area contributed by atoms with Gasteiger partial charge in [0.25, 0.3) is 0 Å². The number of carbonyl (C=O) groups is 2. The zero-order valence-corrected chi connectivity index (χ0v) is 18.1. The van der Waals surface area contributed by atoms with E-state index in [1.54, 1.807) is 0 Å². The molecule has 156 valence electrons. The molecule has 0 unspecified atom stereocenters. The second kappa shape index (κ2) is 9.26. The number of allylic oxidation sites excluding steroid dienone is 1. The van der Waals surface area contributed by atoms with Gasteiger partial charge in [-0.3, -0.25) is 9.59 Å². The van der Waals surface area contributed by atoms with Gasteiger partial charge < -0.3 is 0 Å². The number of benzene rings is 3. The lowest BCUT2D eigenvalue weighted by Gasteiger charge is -2.41. The van der Waals surface area contributed by atoms with Crippen LogP contribution in [0.3, 0.4) is 0 Å². The Morgan fingerprint density at radius 2 is 1.32 bits per heavy atom. The number of Topliss-reactive ketones (excluding diaryl/α,β-unsaturated/α-hetero) is 2. The quantitative estimate of drug-likeness (QED) is 0.455. The molecular weight excluding hydrogens is 380 g/mol. The van der Waals surface area contributed by atoms with Crippen LogP contribution in [0, 0.1) is 11.8 Å². The monoisotopic (exact) mass is 408 g/mol. The molecule has 0 amide bonds. The minimum Gasteiger partial charge on any atom is -0.299 e. The fraction of sp³-hybridized carbons (Fsp3) is 0.241. The highest BCUT2D eigenvalue weighted by Crippen LogP contribution is 2.48. The van der Waals surface area contributed by atoms with Gasteiger partial charge in [0.1, 0.15) is 5.78 Å². The molecule has 31 heavy (non-hydrogen) atoms. The van der Waals surface area contributed by atoms with Crippen molar-refractivity contribution in [3.63, 3.8) is 0 Å². The first-order chi connectivity index (χ1) is 15.1. The lowest BCUT2D eigenvalue weighted by molar-refractivity contribution is -0.130. The van der Waals surface area contributed by atoms with Gasteiger partial charge in [-0.15, -0.1) is 0 Å². The Bertz CT molecular complexity index is 1070. The zero-order valence-electron chi connectivity index (χ0n) is 18.1. The lowest BCUT2D eigenvalue weighted by Crippen LogP contribution is -2.41. The summed E-state index contributed by atoms with van der Waals surface area (Å²) in [6, 6.07) is 30.1. The number of hydrogen-bond acceptors (Lipinski definition) is 2. The Labute approximate surface area is 184 Å². The predicted molar refractivity (Wildman–Crippen MR) is 126 cm³/mol. The van der Waals surface area contributed by atoms with E-state index in [-0.39, 0.29) is 35.2 Å². The normalized spacial score (nSPS) is 24.1. The molecule has 2 nitrogen and oxygen atoms in total. The second-order valence-electron chi connectivity index (χ2n) is 8.54. The molecule has 3 aromatic rings. The molecule has 0 bridgehead atoms. The fourth-order valence-corrected chi connectivity index (χ4v) is 4.97. The minimum atomic E-state index is -0.280. The van der Waals surface area contributed by atoms with Gasteiger partial charge in [0, 0.05) is 30.1 Å². The molecule has 0 saturated heterocycles. The van der Waals surface area contributed by atoms with Crippen molar-refractivity contribution in [2.75, 3.05) is 0 Å². The van der Waals surface area contributed by atoms with Crippen LogP contribution in [-0.2, 0) is 9.59 Å². The van der Waals surface area contributed by atoms with Crippen LogP contribution in [0.2, 0.25) is 0 Å². The Hall–Kier alpha value is -3.26. The van der Waals surface area contributed by atoms with E-state index in [1.165, 1.54) is 0 Å². The smallest absolute Gasteiger partial charge is 0.162 e. The molecule has 4 atom stereocenters. The first kappa shape index (κ1) is 21.0. The molecule has 0 radical (unpaired) electrons. The van der Waals surface area contributed by atoms with Crippen LogP contribution in [-0.4, -0.2) is 11.6 Å². The van der Waals surface area contributed by atoms with Crippen molar-refractivity contribution in [2.24, 2.45) is 11.8 Å². The van der Waals surface area contributed by atoms with Crippen molar-refractivity contribution in [3.8, 4) is 0 Å². The van der Waals surface area contributed by atoms with Gasteiger partial charge in [-0.1, -0.05) is 97.9 Å². The Morgan fingerprint density at radius 3 is 1.90 bits per heavy atom. The Morgan fingerprint density at radius 1 is 0.806 bits per heavy atom. The van der Waals surface area contributed by atoms with E-state index in [0.29, 0.717) is 6.42 Å². The summed E-state index contributed by atoms with van der Waals surface area (Å²) >= 11 is 0. The first-order valence-electron chi connectivity index (χ1n) is 11.0. The standard InChI is InChI=1S/C29H28O2/c1-20(18-22-12-6-3-7-13-22)29(31)28-25(23-14-8-4-9-15-23)19-26(30)21(2)27(28)24-16-10-5-11-17-24/h3-18,21,25,27-28H,19H2,1-2H3/b20-18+/t21-,25-,27+,28+/m0/s1. The van der Waals surface area contributed by atoms with Crippen molar-refractivity contribution in [2.45, 2.75) is 32.1 Å². The molecule has 0 heterocycles. The van der Waals surface area contributed by atoms with Crippen molar-refractivity contribution in [3.05, 3.63) is 113 Å². The molecule has 0 aliphatic heterocycles. The number of rotatable bonds is 5. The molecule has 4 rings (SSSR count). The number of carbonyl (C=O) groups excluding carboxylic acids is 2. The minimum absolute atomic E-state index is 0.123. The Kier molecular flexibility index (Phi) is 6.27. The highest BCUT2D eigenvalue weighted by Gasteiger charge is 2.46. The fourth-order valence-electron chi connectivity index (χ4n) is 4.97. The van der Waals surface area contributed by atoms with Crippen LogP contribution in [0.4, 0.5) is 0 Å². The van der Waals surface area contributed by atoms with E-state index >= 15 is 0 Å². The summed E-state index contributed by atoms with van der Waals surface area (Å²) in [5.74, 6) is -0.373. The van der Waals surface area contributed by atoms with Gasteiger partial charge >= 0.3 is 0 Å². The molecule has 0 N–H and O–H groups in total.